The van der Waals surface area contributed by atoms with E-state index in [4.69, 9.17) is 10.2 Å². The highest BCUT2D eigenvalue weighted by Gasteiger charge is 2.07. The van der Waals surface area contributed by atoms with Crippen LogP contribution >= 0.6 is 24.0 Å². The number of nitrogens with two attached hydrogens (primary N) is 1. The summed E-state index contributed by atoms with van der Waals surface area (Å²) in [7, 11) is 1.70. The Morgan fingerprint density at radius 2 is 1.91 bits per heavy atom. The fourth-order valence-corrected chi connectivity index (χ4v) is 1.97. The minimum Gasteiger partial charge on any atom is -0.454 e. The lowest BCUT2D eigenvalue weighted by Gasteiger charge is -2.10. The average molecular weight is 428 g/mol. The van der Waals surface area contributed by atoms with Gasteiger partial charge in [-0.15, -0.1) is 24.0 Å². The van der Waals surface area contributed by atoms with Crippen LogP contribution in [0.5, 0.6) is 0 Å². The van der Waals surface area contributed by atoms with Crippen molar-refractivity contribution in [3.8, 4) is 0 Å². The number of amides is 1. The summed E-state index contributed by atoms with van der Waals surface area (Å²) in [5, 5.41) is 6.34. The molecular formula is C16H21IN4O2. The molecule has 0 aliphatic heterocycles. The van der Waals surface area contributed by atoms with Gasteiger partial charge in [0.1, 0.15) is 5.76 Å². The van der Waals surface area contributed by atoms with Crippen LogP contribution in [0.1, 0.15) is 21.9 Å². The Kier molecular flexibility index (Phi) is 8.17. The summed E-state index contributed by atoms with van der Waals surface area (Å²) in [6, 6.07) is 13.5. The van der Waals surface area contributed by atoms with Crippen LogP contribution in [0.3, 0.4) is 0 Å². The van der Waals surface area contributed by atoms with Crippen LogP contribution < -0.4 is 16.4 Å². The Bertz CT molecular complexity index is 641. The van der Waals surface area contributed by atoms with Gasteiger partial charge in [-0.1, -0.05) is 30.3 Å². The highest BCUT2D eigenvalue weighted by atomic mass is 127. The van der Waals surface area contributed by atoms with E-state index in [-0.39, 0.29) is 29.7 Å². The van der Waals surface area contributed by atoms with Gasteiger partial charge in [0.2, 0.25) is 0 Å². The van der Waals surface area contributed by atoms with Crippen molar-refractivity contribution < 1.29 is 9.21 Å². The van der Waals surface area contributed by atoms with Crippen molar-refractivity contribution in [2.75, 3.05) is 13.6 Å². The number of carbonyl (C=O) groups excluding carboxylic acids is 1. The summed E-state index contributed by atoms with van der Waals surface area (Å²) >= 11 is 0. The summed E-state index contributed by atoms with van der Waals surface area (Å²) in [5.74, 6) is 0.883. The van der Waals surface area contributed by atoms with E-state index in [0.29, 0.717) is 18.3 Å². The molecule has 124 valence electrons. The molecule has 2 aromatic rings. The smallest absolute Gasteiger partial charge is 0.284 e. The Balaban J connectivity index is 0.00000264. The number of nitrogens with one attached hydrogen (secondary N) is 2. The van der Waals surface area contributed by atoms with Crippen molar-refractivity contribution >= 4 is 35.8 Å². The number of halogens is 1. The van der Waals surface area contributed by atoms with Gasteiger partial charge < -0.3 is 20.8 Å². The van der Waals surface area contributed by atoms with Crippen LogP contribution in [0.25, 0.3) is 0 Å². The van der Waals surface area contributed by atoms with Gasteiger partial charge in [0.25, 0.3) is 5.91 Å². The molecule has 6 nitrogen and oxygen atoms in total. The van der Waals surface area contributed by atoms with E-state index in [1.165, 1.54) is 5.56 Å². The minimum absolute atomic E-state index is 0. The summed E-state index contributed by atoms with van der Waals surface area (Å²) in [6.45, 7) is 1.20. The van der Waals surface area contributed by atoms with E-state index >= 15 is 0 Å². The second-order valence-electron chi connectivity index (χ2n) is 4.72. The van der Waals surface area contributed by atoms with Crippen molar-refractivity contribution in [1.82, 2.24) is 10.6 Å². The van der Waals surface area contributed by atoms with Crippen LogP contribution in [0.2, 0.25) is 0 Å². The third-order valence-electron chi connectivity index (χ3n) is 3.11. The van der Waals surface area contributed by atoms with Gasteiger partial charge in [-0.2, -0.15) is 0 Å². The van der Waals surface area contributed by atoms with Crippen molar-refractivity contribution in [3.05, 3.63) is 59.5 Å². The molecule has 1 aromatic carbocycles. The monoisotopic (exact) mass is 428 g/mol. The number of primary amides is 1. The van der Waals surface area contributed by atoms with Crippen LogP contribution in [0.4, 0.5) is 0 Å². The fraction of sp³-hybridized carbons (Fsp3) is 0.250. The fourth-order valence-electron chi connectivity index (χ4n) is 1.97. The first kappa shape index (κ1) is 19.0. The Labute approximate surface area is 152 Å². The molecule has 0 saturated heterocycles. The van der Waals surface area contributed by atoms with Crippen LogP contribution in [0.15, 0.2) is 51.9 Å². The highest BCUT2D eigenvalue weighted by Crippen LogP contribution is 2.06. The van der Waals surface area contributed by atoms with Crippen LogP contribution in [-0.2, 0) is 13.0 Å². The molecule has 0 atom stereocenters. The number of guanidine groups is 1. The zero-order valence-corrected chi connectivity index (χ0v) is 15.2. The molecule has 7 heteroatoms. The predicted octanol–water partition coefficient (Wildman–Crippen LogP) is 1.90. The first-order chi connectivity index (χ1) is 10.7. The van der Waals surface area contributed by atoms with E-state index in [9.17, 15) is 4.79 Å². The number of aliphatic imine (C=N–C) groups is 1. The molecule has 0 saturated carbocycles. The van der Waals surface area contributed by atoms with Gasteiger partial charge in [0, 0.05) is 13.6 Å². The minimum atomic E-state index is -0.573. The predicted molar refractivity (Wildman–Crippen MR) is 101 cm³/mol. The van der Waals surface area contributed by atoms with Gasteiger partial charge in [0.15, 0.2) is 11.7 Å². The molecule has 0 radical (unpaired) electrons. The number of benzene rings is 1. The molecule has 4 N–H and O–H groups in total. The summed E-state index contributed by atoms with van der Waals surface area (Å²) < 4.78 is 5.29. The van der Waals surface area contributed by atoms with Crippen molar-refractivity contribution in [2.45, 2.75) is 13.0 Å². The van der Waals surface area contributed by atoms with E-state index in [2.05, 4.69) is 27.8 Å². The molecule has 1 heterocycles. The zero-order valence-electron chi connectivity index (χ0n) is 12.9. The van der Waals surface area contributed by atoms with Crippen LogP contribution in [0, 0.1) is 0 Å². The van der Waals surface area contributed by atoms with Gasteiger partial charge >= 0.3 is 0 Å². The van der Waals surface area contributed by atoms with E-state index < -0.39 is 5.91 Å². The normalized spacial score (nSPS) is 10.7. The van der Waals surface area contributed by atoms with Crippen molar-refractivity contribution in [3.63, 3.8) is 0 Å². The number of carbonyl (C=O) groups is 1. The first-order valence-electron chi connectivity index (χ1n) is 7.06. The molecule has 0 aliphatic carbocycles. The molecule has 1 amide bonds. The van der Waals surface area contributed by atoms with Gasteiger partial charge in [0.05, 0.1) is 6.54 Å². The maximum absolute atomic E-state index is 11.0. The first-order valence-corrected chi connectivity index (χ1v) is 7.06. The molecule has 0 bridgehead atoms. The van der Waals surface area contributed by atoms with Gasteiger partial charge in [-0.3, -0.25) is 9.79 Å². The van der Waals surface area contributed by atoms with Crippen LogP contribution in [-0.4, -0.2) is 25.5 Å². The average Bonchev–Trinajstić information content (AvgIpc) is 3.01. The molecule has 0 aliphatic rings. The lowest BCUT2D eigenvalue weighted by molar-refractivity contribution is 0.0972. The maximum atomic E-state index is 11.0. The Hall–Kier alpha value is -2.03. The lowest BCUT2D eigenvalue weighted by Crippen LogP contribution is -2.37. The third kappa shape index (κ3) is 6.31. The van der Waals surface area contributed by atoms with E-state index in [1.54, 1.807) is 19.2 Å². The summed E-state index contributed by atoms with van der Waals surface area (Å²) in [6.07, 6.45) is 0.911. The number of hydrogen-bond donors (Lipinski definition) is 3. The Morgan fingerprint density at radius 1 is 1.17 bits per heavy atom. The molecule has 23 heavy (non-hydrogen) atoms. The number of hydrogen-bond acceptors (Lipinski definition) is 3. The van der Waals surface area contributed by atoms with Crippen molar-refractivity contribution in [1.29, 1.82) is 0 Å². The number of furan rings is 1. The Morgan fingerprint density at radius 3 is 2.52 bits per heavy atom. The molecular weight excluding hydrogens is 407 g/mol. The third-order valence-corrected chi connectivity index (χ3v) is 3.11. The molecule has 0 fully saturated rings. The van der Waals surface area contributed by atoms with Gasteiger partial charge in [-0.05, 0) is 24.1 Å². The van der Waals surface area contributed by atoms with Gasteiger partial charge in [-0.25, -0.2) is 0 Å². The highest BCUT2D eigenvalue weighted by molar-refractivity contribution is 14.0. The van der Waals surface area contributed by atoms with E-state index in [0.717, 1.165) is 13.0 Å². The molecule has 1 aromatic heterocycles. The van der Waals surface area contributed by atoms with Crippen molar-refractivity contribution in [2.24, 2.45) is 10.7 Å². The molecule has 0 spiro atoms. The standard InChI is InChI=1S/C16H20N4O2.HI/c1-18-16(19-10-9-12-5-3-2-4-6-12)20-11-13-7-8-14(22-13)15(17)21;/h2-8H,9-11H2,1H3,(H2,17,21)(H2,18,19,20);1H. The maximum Gasteiger partial charge on any atom is 0.284 e. The topological polar surface area (TPSA) is 92.6 Å². The summed E-state index contributed by atoms with van der Waals surface area (Å²) in [5.41, 5.74) is 6.41. The zero-order chi connectivity index (χ0) is 15.8. The lowest BCUT2D eigenvalue weighted by atomic mass is 10.1. The number of nitrogens with zero attached hydrogens (tertiary/aromatic N) is 1. The summed E-state index contributed by atoms with van der Waals surface area (Å²) in [4.78, 5) is 15.1. The van der Waals surface area contributed by atoms with E-state index in [1.807, 2.05) is 18.2 Å². The molecule has 2 rings (SSSR count). The second kappa shape index (κ2) is 9.88. The second-order valence-corrected chi connectivity index (χ2v) is 4.72. The number of rotatable bonds is 6. The largest absolute Gasteiger partial charge is 0.454 e. The quantitative estimate of drug-likeness (QED) is 0.372. The SMILES string of the molecule is CN=C(NCCc1ccccc1)NCc1ccc(C(N)=O)o1.I. The molecule has 0 unspecified atom stereocenters.